The molecule has 1 aliphatic heterocycles. The molecule has 0 radical (unpaired) electrons. The first kappa shape index (κ1) is 11.0. The third-order valence-electron chi connectivity index (χ3n) is 1.66. The van der Waals surface area contributed by atoms with E-state index in [9.17, 15) is 13.2 Å². The van der Waals surface area contributed by atoms with Crippen molar-refractivity contribution in [3.8, 4) is 0 Å². The number of rotatable bonds is 0. The van der Waals surface area contributed by atoms with Gasteiger partial charge in [0.1, 0.15) is 0 Å². The normalized spacial score (nSPS) is 31.6. The van der Waals surface area contributed by atoms with Crippen molar-refractivity contribution in [2.75, 3.05) is 13.1 Å². The van der Waals surface area contributed by atoms with Crippen molar-refractivity contribution in [2.24, 2.45) is 0 Å². The largest absolute Gasteiger partial charge is 0.418 e. The maximum absolute atomic E-state index is 11.9. The fourth-order valence-electron chi connectivity index (χ4n) is 0.921. The summed E-state index contributed by atoms with van der Waals surface area (Å²) in [6.45, 7) is -0.146. The van der Waals surface area contributed by atoms with Gasteiger partial charge in [0, 0.05) is 6.54 Å². The van der Waals surface area contributed by atoms with Gasteiger partial charge in [0.2, 0.25) is 0 Å². The van der Waals surface area contributed by atoms with Crippen LogP contribution in [0.2, 0.25) is 0 Å². The summed E-state index contributed by atoms with van der Waals surface area (Å²) in [6.07, 6.45) is -4.73. The number of aliphatic hydroxyl groups is 1. The molecule has 2 nitrogen and oxygen atoms in total. The Labute approximate surface area is 68.2 Å². The first-order chi connectivity index (χ1) is 4.46. The van der Waals surface area contributed by atoms with Crippen molar-refractivity contribution in [1.29, 1.82) is 0 Å². The molecule has 2 N–H and O–H groups in total. The second-order valence-electron chi connectivity index (χ2n) is 2.46. The van der Waals surface area contributed by atoms with Crippen molar-refractivity contribution < 1.29 is 18.3 Å². The molecule has 0 spiro atoms. The van der Waals surface area contributed by atoms with Gasteiger partial charge in [-0.2, -0.15) is 13.2 Å². The van der Waals surface area contributed by atoms with E-state index in [0.29, 0.717) is 0 Å². The molecule has 0 unspecified atom stereocenters. The highest BCUT2D eigenvalue weighted by Crippen LogP contribution is 2.34. The van der Waals surface area contributed by atoms with Crippen molar-refractivity contribution in [3.63, 3.8) is 0 Å². The SMILES string of the molecule is Cl.O[C@@]1(C(F)(F)F)CCNC1. The molecular formula is C5H9ClF3NO. The molecule has 68 valence electrons. The van der Waals surface area contributed by atoms with Crippen LogP contribution < -0.4 is 5.32 Å². The van der Waals surface area contributed by atoms with Crippen LogP contribution in [0, 0.1) is 0 Å². The van der Waals surface area contributed by atoms with Gasteiger partial charge < -0.3 is 10.4 Å². The Morgan fingerprint density at radius 3 is 2.09 bits per heavy atom. The molecule has 0 aromatic carbocycles. The first-order valence-corrected chi connectivity index (χ1v) is 2.95. The molecule has 1 heterocycles. The van der Waals surface area contributed by atoms with Gasteiger partial charge in [-0.25, -0.2) is 0 Å². The Bertz CT molecular complexity index is 132. The minimum atomic E-state index is -4.49. The molecule has 1 fully saturated rings. The Hall–Kier alpha value is -0.0000000000000000486. The summed E-state index contributed by atoms with van der Waals surface area (Å²) in [5.74, 6) is 0. The number of nitrogens with one attached hydrogen (secondary N) is 1. The van der Waals surface area contributed by atoms with Crippen LogP contribution in [0.1, 0.15) is 6.42 Å². The number of hydrogen-bond acceptors (Lipinski definition) is 2. The third kappa shape index (κ3) is 1.98. The predicted molar refractivity (Wildman–Crippen MR) is 35.7 cm³/mol. The number of halogens is 4. The first-order valence-electron chi connectivity index (χ1n) is 2.95. The lowest BCUT2D eigenvalue weighted by molar-refractivity contribution is -0.251. The number of alkyl halides is 3. The van der Waals surface area contributed by atoms with Gasteiger partial charge in [-0.3, -0.25) is 0 Å². The molecule has 6 heteroatoms. The molecule has 0 saturated carbocycles. The summed E-state index contributed by atoms with van der Waals surface area (Å²) in [7, 11) is 0. The molecule has 1 saturated heterocycles. The van der Waals surface area contributed by atoms with Crippen LogP contribution in [-0.2, 0) is 0 Å². The molecule has 0 aromatic heterocycles. The average Bonchev–Trinajstić information content (AvgIpc) is 2.13. The van der Waals surface area contributed by atoms with E-state index in [-0.39, 0.29) is 31.9 Å². The monoisotopic (exact) mass is 191 g/mol. The number of β-amino-alcohol motifs (C(OH)–C–C–N with tert-alkyl or cyclic N) is 1. The van der Waals surface area contributed by atoms with Gasteiger partial charge >= 0.3 is 6.18 Å². The molecule has 11 heavy (non-hydrogen) atoms. The summed E-state index contributed by atoms with van der Waals surface area (Å²) in [5.41, 5.74) is -2.48. The molecule has 0 aliphatic carbocycles. The van der Waals surface area contributed by atoms with Gasteiger partial charge in [0.15, 0.2) is 5.60 Å². The lowest BCUT2D eigenvalue weighted by atomic mass is 10.0. The molecule has 0 amide bonds. The van der Waals surface area contributed by atoms with E-state index in [1.54, 1.807) is 0 Å². The van der Waals surface area contributed by atoms with E-state index >= 15 is 0 Å². The summed E-state index contributed by atoms with van der Waals surface area (Å²) in [4.78, 5) is 0. The predicted octanol–water partition coefficient (Wildman–Crippen LogP) is 0.695. The number of hydrogen-bond donors (Lipinski definition) is 2. The van der Waals surface area contributed by atoms with Crippen LogP contribution in [0.15, 0.2) is 0 Å². The van der Waals surface area contributed by atoms with Crippen molar-refractivity contribution in [1.82, 2.24) is 5.32 Å². The Morgan fingerprint density at radius 2 is 1.91 bits per heavy atom. The molecule has 0 aromatic rings. The minimum Gasteiger partial charge on any atom is -0.379 e. The van der Waals surface area contributed by atoms with Crippen LogP contribution in [0.3, 0.4) is 0 Å². The van der Waals surface area contributed by atoms with Crippen LogP contribution in [-0.4, -0.2) is 30.0 Å². The van der Waals surface area contributed by atoms with E-state index < -0.39 is 11.8 Å². The average molecular weight is 192 g/mol. The molecular weight excluding hydrogens is 183 g/mol. The summed E-state index contributed by atoms with van der Waals surface area (Å²) in [6, 6.07) is 0. The maximum Gasteiger partial charge on any atom is 0.418 e. The van der Waals surface area contributed by atoms with Crippen molar-refractivity contribution in [2.45, 2.75) is 18.2 Å². The van der Waals surface area contributed by atoms with Crippen molar-refractivity contribution in [3.05, 3.63) is 0 Å². The third-order valence-corrected chi connectivity index (χ3v) is 1.66. The molecule has 1 atom stereocenters. The second kappa shape index (κ2) is 3.16. The van der Waals surface area contributed by atoms with Crippen LogP contribution in [0.5, 0.6) is 0 Å². The molecule has 0 bridgehead atoms. The van der Waals surface area contributed by atoms with E-state index in [0.717, 1.165) is 0 Å². The fraction of sp³-hybridized carbons (Fsp3) is 1.00. The van der Waals surface area contributed by atoms with Gasteiger partial charge in [-0.1, -0.05) is 0 Å². The van der Waals surface area contributed by atoms with Crippen LogP contribution in [0.25, 0.3) is 0 Å². The second-order valence-corrected chi connectivity index (χ2v) is 2.46. The quantitative estimate of drug-likeness (QED) is 0.591. The maximum atomic E-state index is 11.9. The zero-order valence-electron chi connectivity index (χ0n) is 5.61. The highest BCUT2D eigenvalue weighted by atomic mass is 35.5. The Morgan fingerprint density at radius 1 is 1.36 bits per heavy atom. The highest BCUT2D eigenvalue weighted by Gasteiger charge is 2.54. The zero-order chi connectivity index (χ0) is 7.83. The fourth-order valence-corrected chi connectivity index (χ4v) is 0.921. The van der Waals surface area contributed by atoms with E-state index in [1.807, 2.05) is 0 Å². The standard InChI is InChI=1S/C5H8F3NO.ClH/c6-5(7,8)4(10)1-2-9-3-4;/h9-10H,1-3H2;1H/t4-;/m0./s1. The lowest BCUT2D eigenvalue weighted by Crippen LogP contribution is -2.46. The smallest absolute Gasteiger partial charge is 0.379 e. The van der Waals surface area contributed by atoms with Crippen molar-refractivity contribution >= 4 is 12.4 Å². The summed E-state index contributed by atoms with van der Waals surface area (Å²) < 4.78 is 35.6. The van der Waals surface area contributed by atoms with E-state index in [2.05, 4.69) is 5.32 Å². The van der Waals surface area contributed by atoms with Gasteiger partial charge in [-0.05, 0) is 13.0 Å². The topological polar surface area (TPSA) is 32.3 Å². The Kier molecular flexibility index (Phi) is 3.16. The van der Waals surface area contributed by atoms with Gasteiger partial charge in [-0.15, -0.1) is 12.4 Å². The lowest BCUT2D eigenvalue weighted by Gasteiger charge is -2.23. The van der Waals surface area contributed by atoms with Crippen LogP contribution >= 0.6 is 12.4 Å². The van der Waals surface area contributed by atoms with Gasteiger partial charge in [0.05, 0.1) is 0 Å². The van der Waals surface area contributed by atoms with E-state index in [1.165, 1.54) is 0 Å². The Balaban J connectivity index is 0.000001000. The summed E-state index contributed by atoms with van der Waals surface area (Å²) in [5, 5.41) is 11.3. The molecule has 1 aliphatic rings. The molecule has 1 rings (SSSR count). The summed E-state index contributed by atoms with van der Waals surface area (Å²) >= 11 is 0. The zero-order valence-corrected chi connectivity index (χ0v) is 6.43. The van der Waals surface area contributed by atoms with Crippen LogP contribution in [0.4, 0.5) is 13.2 Å². The minimum absolute atomic E-state index is 0. The highest BCUT2D eigenvalue weighted by molar-refractivity contribution is 5.85. The van der Waals surface area contributed by atoms with Gasteiger partial charge in [0.25, 0.3) is 0 Å². The van der Waals surface area contributed by atoms with E-state index in [4.69, 9.17) is 5.11 Å².